The van der Waals surface area contributed by atoms with E-state index in [4.69, 9.17) is 5.11 Å². The van der Waals surface area contributed by atoms with Gasteiger partial charge in [-0.25, -0.2) is 4.79 Å². The highest BCUT2D eigenvalue weighted by atomic mass is 17.0. The third-order valence-electron chi connectivity index (χ3n) is 1.42. The van der Waals surface area contributed by atoms with Gasteiger partial charge in [-0.3, -0.25) is 9.15 Å². The molecule has 11 heavy (non-hydrogen) atoms. The number of fused-ring (bicyclic) bond motifs is 1. The van der Waals surface area contributed by atoms with Crippen LogP contribution in [0.3, 0.4) is 0 Å². The molecule has 0 spiro atoms. The molecule has 0 fully saturated rings. The number of carbonyl (C=O) groups is 1. The quantitative estimate of drug-likeness (QED) is 0.632. The summed E-state index contributed by atoms with van der Waals surface area (Å²) in [4.78, 5) is 10.5. The third-order valence-corrected chi connectivity index (χ3v) is 1.42. The predicted molar refractivity (Wildman–Crippen MR) is 35.4 cm³/mol. The Morgan fingerprint density at radius 1 is 1.36 bits per heavy atom. The van der Waals surface area contributed by atoms with Gasteiger partial charge in [0.25, 0.3) is 0 Å². The molecule has 2 aromatic rings. The standard InChI is InChI=1S/C7H4O4/c8-7(9)4-2-1-3-5-6(4)11-10-5/h1-3H,(H,8,9). The monoisotopic (exact) mass is 152 g/mol. The number of carboxylic acids is 1. The fourth-order valence-electron chi connectivity index (χ4n) is 0.888. The highest BCUT2D eigenvalue weighted by Gasteiger charge is 2.14. The maximum Gasteiger partial charge on any atom is 0.339 e. The summed E-state index contributed by atoms with van der Waals surface area (Å²) in [5.74, 6) is -1.01. The molecule has 0 unspecified atom stereocenters. The van der Waals surface area contributed by atoms with Crippen molar-refractivity contribution in [1.82, 2.24) is 0 Å². The number of benzene rings is 1. The minimum absolute atomic E-state index is 0.133. The molecular weight excluding hydrogens is 148 g/mol. The number of rotatable bonds is 1. The Morgan fingerprint density at radius 3 is 2.64 bits per heavy atom. The second-order valence-corrected chi connectivity index (χ2v) is 2.10. The Hall–Kier alpha value is -1.71. The summed E-state index contributed by atoms with van der Waals surface area (Å²) < 4.78 is 8.99. The second kappa shape index (κ2) is 1.88. The van der Waals surface area contributed by atoms with Crippen LogP contribution in [-0.2, 0) is 0 Å². The third kappa shape index (κ3) is 0.724. The van der Waals surface area contributed by atoms with E-state index >= 15 is 0 Å². The van der Waals surface area contributed by atoms with Crippen LogP contribution in [0.25, 0.3) is 11.2 Å². The van der Waals surface area contributed by atoms with Gasteiger partial charge in [0, 0.05) is 0 Å². The summed E-state index contributed by atoms with van der Waals surface area (Å²) in [6.07, 6.45) is 0. The SMILES string of the molecule is O=C(O)c1cccc2ooc12. The van der Waals surface area contributed by atoms with E-state index in [1.165, 1.54) is 6.07 Å². The zero-order chi connectivity index (χ0) is 7.84. The highest BCUT2D eigenvalue weighted by molar-refractivity contribution is 5.99. The lowest BCUT2D eigenvalue weighted by Gasteiger charge is -1.99. The summed E-state index contributed by atoms with van der Waals surface area (Å²) in [7, 11) is 0. The van der Waals surface area contributed by atoms with E-state index in [0.717, 1.165) is 0 Å². The summed E-state index contributed by atoms with van der Waals surface area (Å²) in [6, 6.07) is 4.71. The fourth-order valence-corrected chi connectivity index (χ4v) is 0.888. The van der Waals surface area contributed by atoms with Gasteiger partial charge in [-0.15, -0.1) is 0 Å². The van der Waals surface area contributed by atoms with Gasteiger partial charge in [0.15, 0.2) is 0 Å². The van der Waals surface area contributed by atoms with E-state index in [1.54, 1.807) is 12.1 Å². The van der Waals surface area contributed by atoms with Crippen LogP contribution in [0.2, 0.25) is 0 Å². The molecule has 1 heterocycles. The number of para-hydroxylation sites is 1. The maximum absolute atomic E-state index is 10.5. The molecule has 0 radical (unpaired) electrons. The van der Waals surface area contributed by atoms with Crippen molar-refractivity contribution in [2.75, 3.05) is 0 Å². The number of carboxylic acid groups (broad SMARTS) is 1. The normalized spacial score (nSPS) is 10.5. The van der Waals surface area contributed by atoms with Gasteiger partial charge in [0.2, 0.25) is 11.2 Å². The number of aromatic carboxylic acids is 1. The Balaban J connectivity index is 2.71. The van der Waals surface area contributed by atoms with E-state index < -0.39 is 5.97 Å². The molecule has 0 amide bonds. The largest absolute Gasteiger partial charge is 0.478 e. The average molecular weight is 152 g/mol. The van der Waals surface area contributed by atoms with Crippen LogP contribution < -0.4 is 0 Å². The topological polar surface area (TPSA) is 63.6 Å². The predicted octanol–water partition coefficient (Wildman–Crippen LogP) is 1.72. The summed E-state index contributed by atoms with van der Waals surface area (Å²) in [6.45, 7) is 0. The van der Waals surface area contributed by atoms with Crippen molar-refractivity contribution in [3.8, 4) is 0 Å². The molecule has 2 rings (SSSR count). The summed E-state index contributed by atoms with van der Waals surface area (Å²) in [5.41, 5.74) is 0.915. The van der Waals surface area contributed by atoms with Crippen LogP contribution in [0.15, 0.2) is 27.4 Å². The van der Waals surface area contributed by atoms with Gasteiger partial charge >= 0.3 is 5.97 Å². The van der Waals surface area contributed by atoms with Crippen LogP contribution in [0, 0.1) is 0 Å². The maximum atomic E-state index is 10.5. The lowest BCUT2D eigenvalue weighted by molar-refractivity contribution is 0.0539. The molecule has 0 atom stereocenters. The molecule has 0 saturated carbocycles. The minimum atomic E-state index is -1.01. The molecule has 0 aliphatic heterocycles. The van der Waals surface area contributed by atoms with Crippen molar-refractivity contribution in [3.63, 3.8) is 0 Å². The van der Waals surface area contributed by atoms with Crippen LogP contribution >= 0.6 is 0 Å². The van der Waals surface area contributed by atoms with E-state index in [-0.39, 0.29) is 5.56 Å². The van der Waals surface area contributed by atoms with E-state index in [2.05, 4.69) is 9.15 Å². The van der Waals surface area contributed by atoms with E-state index in [1.807, 2.05) is 0 Å². The molecule has 0 bridgehead atoms. The van der Waals surface area contributed by atoms with Gasteiger partial charge in [0.1, 0.15) is 5.56 Å². The molecule has 1 aromatic carbocycles. The molecule has 1 N–H and O–H groups in total. The Morgan fingerprint density at radius 2 is 2.18 bits per heavy atom. The van der Waals surface area contributed by atoms with Crippen molar-refractivity contribution in [2.24, 2.45) is 0 Å². The van der Waals surface area contributed by atoms with Crippen LogP contribution in [0.5, 0.6) is 0 Å². The van der Waals surface area contributed by atoms with Gasteiger partial charge in [-0.1, -0.05) is 6.07 Å². The van der Waals surface area contributed by atoms with Crippen LogP contribution in [0.1, 0.15) is 10.4 Å². The first-order chi connectivity index (χ1) is 5.29. The van der Waals surface area contributed by atoms with Crippen molar-refractivity contribution in [1.29, 1.82) is 0 Å². The Bertz CT molecular complexity index is 395. The van der Waals surface area contributed by atoms with Gasteiger partial charge in [0.05, 0.1) is 0 Å². The molecule has 0 saturated heterocycles. The highest BCUT2D eigenvalue weighted by Crippen LogP contribution is 2.21. The van der Waals surface area contributed by atoms with E-state index in [0.29, 0.717) is 11.2 Å². The lowest BCUT2D eigenvalue weighted by atomic mass is 10.2. The zero-order valence-corrected chi connectivity index (χ0v) is 5.40. The Labute approximate surface area is 60.9 Å². The molecule has 4 heteroatoms. The second-order valence-electron chi connectivity index (χ2n) is 2.10. The zero-order valence-electron chi connectivity index (χ0n) is 5.40. The minimum Gasteiger partial charge on any atom is -0.478 e. The van der Waals surface area contributed by atoms with Crippen LogP contribution in [-0.4, -0.2) is 11.1 Å². The first-order valence-corrected chi connectivity index (χ1v) is 3.00. The average Bonchev–Trinajstić information content (AvgIpc) is 1.90. The van der Waals surface area contributed by atoms with Gasteiger partial charge in [-0.05, 0) is 12.1 Å². The van der Waals surface area contributed by atoms with Crippen molar-refractivity contribution < 1.29 is 19.1 Å². The number of hydrogen-bond donors (Lipinski definition) is 1. The number of hydrogen-bond acceptors (Lipinski definition) is 3. The fraction of sp³-hybridized carbons (Fsp3) is 0. The lowest BCUT2D eigenvalue weighted by Crippen LogP contribution is -1.97. The van der Waals surface area contributed by atoms with Crippen LogP contribution in [0.4, 0.5) is 0 Å². The van der Waals surface area contributed by atoms with Gasteiger partial charge < -0.3 is 5.11 Å². The van der Waals surface area contributed by atoms with Crippen molar-refractivity contribution in [3.05, 3.63) is 23.8 Å². The van der Waals surface area contributed by atoms with E-state index in [9.17, 15) is 4.79 Å². The first-order valence-electron chi connectivity index (χ1n) is 3.00. The smallest absolute Gasteiger partial charge is 0.339 e. The summed E-state index contributed by atoms with van der Waals surface area (Å²) in [5, 5.41) is 8.59. The first kappa shape index (κ1) is 6.03. The van der Waals surface area contributed by atoms with Crippen molar-refractivity contribution >= 4 is 17.1 Å². The summed E-state index contributed by atoms with van der Waals surface area (Å²) >= 11 is 0. The molecule has 0 aliphatic carbocycles. The molecule has 56 valence electrons. The molecule has 0 aliphatic rings. The molecule has 1 aromatic heterocycles. The molecule has 4 nitrogen and oxygen atoms in total. The molecular formula is C7H4O4. The Kier molecular flexibility index (Phi) is 1.03. The van der Waals surface area contributed by atoms with Gasteiger partial charge in [-0.2, -0.15) is 0 Å². The van der Waals surface area contributed by atoms with Crippen molar-refractivity contribution in [2.45, 2.75) is 0 Å².